The number of carboxylic acid groups (broad SMARTS) is 1. The maximum absolute atomic E-state index is 10.7. The van der Waals surface area contributed by atoms with Gasteiger partial charge in [-0.05, 0) is 24.5 Å². The fraction of sp³-hybridized carbons (Fsp3) is 0.500. The van der Waals surface area contributed by atoms with Crippen LogP contribution in [-0.2, 0) is 17.8 Å². The predicted octanol–water partition coefficient (Wildman–Crippen LogP) is 3.11. The summed E-state index contributed by atoms with van der Waals surface area (Å²) in [6.07, 6.45) is 1.46. The molecule has 0 unspecified atom stereocenters. The van der Waals surface area contributed by atoms with Gasteiger partial charge >= 0.3 is 5.97 Å². The first-order valence-corrected chi connectivity index (χ1v) is 7.26. The molecule has 1 aromatic carbocycles. The van der Waals surface area contributed by atoms with Crippen LogP contribution in [0.15, 0.2) is 18.2 Å². The van der Waals surface area contributed by atoms with Crippen LogP contribution in [0.1, 0.15) is 32.5 Å². The van der Waals surface area contributed by atoms with Crippen LogP contribution in [0.5, 0.6) is 5.75 Å². The van der Waals surface area contributed by atoms with Crippen molar-refractivity contribution >= 4 is 17.0 Å². The van der Waals surface area contributed by atoms with E-state index in [-0.39, 0.29) is 6.42 Å². The second-order valence-electron chi connectivity index (χ2n) is 5.63. The van der Waals surface area contributed by atoms with Gasteiger partial charge in [0.15, 0.2) is 0 Å². The Morgan fingerprint density at radius 2 is 2.19 bits per heavy atom. The number of methoxy groups -OCH3 is 1. The van der Waals surface area contributed by atoms with E-state index in [0.717, 1.165) is 29.2 Å². The lowest BCUT2D eigenvalue weighted by molar-refractivity contribution is -0.137. The summed E-state index contributed by atoms with van der Waals surface area (Å²) in [6, 6.07) is 5.87. The van der Waals surface area contributed by atoms with E-state index in [9.17, 15) is 4.79 Å². The molecule has 0 fully saturated rings. The van der Waals surface area contributed by atoms with Crippen LogP contribution >= 0.6 is 0 Å². The van der Waals surface area contributed by atoms with Crippen molar-refractivity contribution in [3.05, 3.63) is 24.0 Å². The van der Waals surface area contributed by atoms with Gasteiger partial charge in [0, 0.05) is 25.5 Å². The maximum Gasteiger partial charge on any atom is 0.303 e. The van der Waals surface area contributed by atoms with Crippen LogP contribution in [0.4, 0.5) is 0 Å². The zero-order valence-corrected chi connectivity index (χ0v) is 12.8. The van der Waals surface area contributed by atoms with E-state index in [2.05, 4.69) is 23.4 Å². The number of benzene rings is 1. The van der Waals surface area contributed by atoms with Crippen LogP contribution in [0.3, 0.4) is 0 Å². The highest BCUT2D eigenvalue weighted by molar-refractivity contribution is 5.78. The molecule has 0 saturated heterocycles. The average Bonchev–Trinajstić information content (AvgIpc) is 2.75. The van der Waals surface area contributed by atoms with Crippen molar-refractivity contribution in [2.24, 2.45) is 5.92 Å². The summed E-state index contributed by atoms with van der Waals surface area (Å²) in [6.45, 7) is 5.21. The summed E-state index contributed by atoms with van der Waals surface area (Å²) in [4.78, 5) is 15.3. The van der Waals surface area contributed by atoms with E-state index >= 15 is 0 Å². The molecule has 0 radical (unpaired) electrons. The van der Waals surface area contributed by atoms with Gasteiger partial charge in [0.25, 0.3) is 0 Å². The number of imidazole rings is 1. The Hall–Kier alpha value is -2.04. The Bertz CT molecular complexity index is 632. The Morgan fingerprint density at radius 3 is 2.81 bits per heavy atom. The Labute approximate surface area is 124 Å². The van der Waals surface area contributed by atoms with Crippen LogP contribution in [0.25, 0.3) is 11.0 Å². The molecule has 0 aliphatic heterocycles. The average molecular weight is 290 g/mol. The third-order valence-electron chi connectivity index (χ3n) is 3.37. The topological polar surface area (TPSA) is 64.3 Å². The number of aryl methyl sites for hydroxylation is 1. The number of hydrogen-bond donors (Lipinski definition) is 1. The van der Waals surface area contributed by atoms with E-state index in [1.807, 2.05) is 18.2 Å². The van der Waals surface area contributed by atoms with Crippen LogP contribution in [0, 0.1) is 5.92 Å². The van der Waals surface area contributed by atoms with E-state index in [1.165, 1.54) is 0 Å². The van der Waals surface area contributed by atoms with E-state index < -0.39 is 5.97 Å². The second kappa shape index (κ2) is 6.61. The highest BCUT2D eigenvalue weighted by Gasteiger charge is 2.13. The fourth-order valence-corrected chi connectivity index (χ4v) is 2.44. The van der Waals surface area contributed by atoms with Gasteiger partial charge in [-0.3, -0.25) is 4.79 Å². The summed E-state index contributed by atoms with van der Waals surface area (Å²) in [5, 5.41) is 8.77. The van der Waals surface area contributed by atoms with Crippen molar-refractivity contribution in [3.8, 4) is 5.75 Å². The van der Waals surface area contributed by atoms with Crippen LogP contribution in [0.2, 0.25) is 0 Å². The number of hydrogen-bond acceptors (Lipinski definition) is 3. The smallest absolute Gasteiger partial charge is 0.303 e. The quantitative estimate of drug-likeness (QED) is 0.851. The summed E-state index contributed by atoms with van der Waals surface area (Å²) in [5.41, 5.74) is 1.98. The standard InChI is InChI=1S/C16H22N2O3/c1-11(2)10-18-14-8-7-12(21-3)9-13(14)17-15(18)5-4-6-16(19)20/h7-9,11H,4-6,10H2,1-3H3,(H,19,20). The molecule has 0 spiro atoms. The number of ether oxygens (including phenoxy) is 1. The van der Waals surface area contributed by atoms with Crippen LogP contribution < -0.4 is 4.74 Å². The van der Waals surface area contributed by atoms with Crippen molar-refractivity contribution in [2.75, 3.05) is 7.11 Å². The molecule has 1 aromatic heterocycles. The number of nitrogens with zero attached hydrogens (tertiary/aromatic N) is 2. The predicted molar refractivity (Wildman–Crippen MR) is 81.7 cm³/mol. The van der Waals surface area contributed by atoms with Gasteiger partial charge in [-0.1, -0.05) is 13.8 Å². The molecule has 0 atom stereocenters. The third-order valence-corrected chi connectivity index (χ3v) is 3.37. The van der Waals surface area contributed by atoms with Gasteiger partial charge in [-0.15, -0.1) is 0 Å². The van der Waals surface area contributed by atoms with Gasteiger partial charge in [-0.25, -0.2) is 4.98 Å². The van der Waals surface area contributed by atoms with Crippen LogP contribution in [-0.4, -0.2) is 27.7 Å². The molecule has 5 heteroatoms. The lowest BCUT2D eigenvalue weighted by atomic mass is 10.2. The second-order valence-corrected chi connectivity index (χ2v) is 5.63. The summed E-state index contributed by atoms with van der Waals surface area (Å²) >= 11 is 0. The molecule has 1 heterocycles. The van der Waals surface area contributed by atoms with Gasteiger partial charge in [0.1, 0.15) is 11.6 Å². The van der Waals surface area contributed by atoms with E-state index in [1.54, 1.807) is 7.11 Å². The first-order valence-electron chi connectivity index (χ1n) is 7.26. The first kappa shape index (κ1) is 15.4. The molecule has 2 aromatic rings. The van der Waals surface area contributed by atoms with Gasteiger partial charge in [0.05, 0.1) is 18.1 Å². The summed E-state index contributed by atoms with van der Waals surface area (Å²) < 4.78 is 7.43. The minimum atomic E-state index is -0.761. The van der Waals surface area contributed by atoms with Crippen molar-refractivity contribution in [2.45, 2.75) is 39.7 Å². The SMILES string of the molecule is COc1ccc2c(c1)nc(CCCC(=O)O)n2CC(C)C. The highest BCUT2D eigenvalue weighted by Crippen LogP contribution is 2.23. The minimum Gasteiger partial charge on any atom is -0.497 e. The zero-order valence-electron chi connectivity index (χ0n) is 12.8. The van der Waals surface area contributed by atoms with Gasteiger partial charge < -0.3 is 14.4 Å². The highest BCUT2D eigenvalue weighted by atomic mass is 16.5. The van der Waals surface area contributed by atoms with E-state index in [0.29, 0.717) is 18.8 Å². The van der Waals surface area contributed by atoms with Crippen molar-refractivity contribution < 1.29 is 14.6 Å². The maximum atomic E-state index is 10.7. The van der Waals surface area contributed by atoms with Crippen molar-refractivity contribution in [3.63, 3.8) is 0 Å². The number of carbonyl (C=O) groups is 1. The molecule has 0 bridgehead atoms. The first-order chi connectivity index (χ1) is 10.0. The molecule has 114 valence electrons. The number of aromatic nitrogens is 2. The number of fused-ring (bicyclic) bond motifs is 1. The molecule has 0 saturated carbocycles. The molecule has 21 heavy (non-hydrogen) atoms. The fourth-order valence-electron chi connectivity index (χ4n) is 2.44. The monoisotopic (exact) mass is 290 g/mol. The largest absolute Gasteiger partial charge is 0.497 e. The Kier molecular flexibility index (Phi) is 4.83. The lowest BCUT2D eigenvalue weighted by Gasteiger charge is -2.11. The molecule has 0 aliphatic carbocycles. The zero-order chi connectivity index (χ0) is 15.4. The van der Waals surface area contributed by atoms with Gasteiger partial charge in [-0.2, -0.15) is 0 Å². The molecule has 0 aliphatic rings. The van der Waals surface area contributed by atoms with Crippen molar-refractivity contribution in [1.82, 2.24) is 9.55 Å². The third kappa shape index (κ3) is 3.74. The van der Waals surface area contributed by atoms with E-state index in [4.69, 9.17) is 9.84 Å². The molecule has 1 N–H and O–H groups in total. The summed E-state index contributed by atoms with van der Waals surface area (Å²) in [5.74, 6) is 1.48. The number of carboxylic acids is 1. The molecule has 0 amide bonds. The minimum absolute atomic E-state index is 0.175. The molecule has 2 rings (SSSR count). The number of rotatable bonds is 7. The number of aliphatic carboxylic acids is 1. The molecular weight excluding hydrogens is 268 g/mol. The normalized spacial score (nSPS) is 11.2. The Morgan fingerprint density at radius 1 is 1.43 bits per heavy atom. The van der Waals surface area contributed by atoms with Gasteiger partial charge in [0.2, 0.25) is 0 Å². The lowest BCUT2D eigenvalue weighted by Crippen LogP contribution is -2.09. The Balaban J connectivity index is 2.34. The van der Waals surface area contributed by atoms with Crippen molar-refractivity contribution in [1.29, 1.82) is 0 Å². The molecular formula is C16H22N2O3. The molecule has 5 nitrogen and oxygen atoms in total. The summed E-state index contributed by atoms with van der Waals surface area (Å²) in [7, 11) is 1.64.